The summed E-state index contributed by atoms with van der Waals surface area (Å²) in [5.74, 6) is -0.382. The van der Waals surface area contributed by atoms with Crippen molar-refractivity contribution in [3.05, 3.63) is 95.8 Å². The zero-order chi connectivity index (χ0) is 20.8. The van der Waals surface area contributed by atoms with E-state index in [0.717, 1.165) is 11.3 Å². The number of carbonyl (C=O) groups is 2. The summed E-state index contributed by atoms with van der Waals surface area (Å²) in [4.78, 5) is 33.5. The molecule has 3 aromatic rings. The van der Waals surface area contributed by atoms with Crippen LogP contribution in [0.15, 0.2) is 79.0 Å². The number of carbonyl (C=O) groups excluding carboxylic acids is 2. The van der Waals surface area contributed by atoms with Gasteiger partial charge in [-0.1, -0.05) is 48.5 Å². The first kappa shape index (κ1) is 20.3. The molecule has 0 spiro atoms. The number of hydrogen-bond acceptors (Lipinski definition) is 3. The van der Waals surface area contributed by atoms with E-state index in [0.29, 0.717) is 12.1 Å². The summed E-state index contributed by atoms with van der Waals surface area (Å²) in [6.07, 6.45) is 1.51. The molecule has 0 bridgehead atoms. The van der Waals surface area contributed by atoms with E-state index in [1.807, 2.05) is 74.5 Å². The van der Waals surface area contributed by atoms with Gasteiger partial charge in [0.05, 0.1) is 0 Å². The van der Waals surface area contributed by atoms with Crippen LogP contribution in [-0.4, -0.2) is 34.8 Å². The molecule has 2 amide bonds. The summed E-state index contributed by atoms with van der Waals surface area (Å²) >= 11 is 0. The summed E-state index contributed by atoms with van der Waals surface area (Å²) in [7, 11) is 1.70. The van der Waals surface area contributed by atoms with Crippen LogP contribution in [0.25, 0.3) is 0 Å². The maximum Gasteiger partial charge on any atom is 0.276 e. The molecule has 1 heterocycles. The summed E-state index contributed by atoms with van der Waals surface area (Å²) in [6, 6.07) is 22.5. The van der Waals surface area contributed by atoms with Gasteiger partial charge in [0.2, 0.25) is 0 Å². The van der Waals surface area contributed by atoms with Gasteiger partial charge in [0.25, 0.3) is 11.8 Å². The Morgan fingerprint density at radius 3 is 2.14 bits per heavy atom. The fraction of sp³-hybridized carbons (Fsp3) is 0.208. The number of rotatable bonds is 6. The number of amides is 2. The molecular weight excluding hydrogens is 362 g/mol. The first-order valence-electron chi connectivity index (χ1n) is 9.61. The van der Waals surface area contributed by atoms with Gasteiger partial charge in [0, 0.05) is 37.1 Å². The maximum absolute atomic E-state index is 13.2. The van der Waals surface area contributed by atoms with Gasteiger partial charge in [0.1, 0.15) is 5.69 Å². The first-order valence-corrected chi connectivity index (χ1v) is 9.61. The Morgan fingerprint density at radius 1 is 0.897 bits per heavy atom. The predicted molar refractivity (Wildman–Crippen MR) is 115 cm³/mol. The third kappa shape index (κ3) is 4.88. The van der Waals surface area contributed by atoms with Crippen LogP contribution >= 0.6 is 0 Å². The lowest BCUT2D eigenvalue weighted by Crippen LogP contribution is -2.36. The van der Waals surface area contributed by atoms with Crippen molar-refractivity contribution < 1.29 is 9.59 Å². The molecule has 0 saturated heterocycles. The number of para-hydroxylation sites is 1. The molecule has 3 rings (SSSR count). The second-order valence-electron chi connectivity index (χ2n) is 7.14. The van der Waals surface area contributed by atoms with Crippen LogP contribution in [0.1, 0.15) is 40.3 Å². The maximum atomic E-state index is 13.2. The van der Waals surface area contributed by atoms with Crippen LogP contribution in [0.4, 0.5) is 5.69 Å². The molecule has 29 heavy (non-hydrogen) atoms. The summed E-state index contributed by atoms with van der Waals surface area (Å²) < 4.78 is 0. The minimum Gasteiger partial charge on any atom is -0.332 e. The van der Waals surface area contributed by atoms with E-state index in [9.17, 15) is 9.59 Å². The van der Waals surface area contributed by atoms with E-state index in [2.05, 4.69) is 4.98 Å². The highest BCUT2D eigenvalue weighted by molar-refractivity contribution is 6.06. The van der Waals surface area contributed by atoms with Crippen molar-refractivity contribution in [2.24, 2.45) is 0 Å². The second kappa shape index (κ2) is 9.15. The quantitative estimate of drug-likeness (QED) is 0.630. The highest BCUT2D eigenvalue weighted by Crippen LogP contribution is 2.17. The zero-order valence-corrected chi connectivity index (χ0v) is 16.9. The van der Waals surface area contributed by atoms with Gasteiger partial charge in [-0.15, -0.1) is 0 Å². The Bertz CT molecular complexity index is 972. The van der Waals surface area contributed by atoms with Gasteiger partial charge in [-0.2, -0.15) is 0 Å². The normalized spacial score (nSPS) is 10.6. The molecule has 5 nitrogen and oxygen atoms in total. The monoisotopic (exact) mass is 387 g/mol. The van der Waals surface area contributed by atoms with Crippen LogP contribution in [0.3, 0.4) is 0 Å². The summed E-state index contributed by atoms with van der Waals surface area (Å²) in [5.41, 5.74) is 2.52. The fourth-order valence-electron chi connectivity index (χ4n) is 3.06. The van der Waals surface area contributed by atoms with E-state index >= 15 is 0 Å². The highest BCUT2D eigenvalue weighted by Gasteiger charge is 2.22. The molecule has 5 heteroatoms. The molecule has 0 aliphatic carbocycles. The van der Waals surface area contributed by atoms with Crippen LogP contribution in [0.2, 0.25) is 0 Å². The Labute approximate surface area is 171 Å². The topological polar surface area (TPSA) is 53.5 Å². The SMILES string of the molecule is CC(C)N(Cc1ccccc1)C(=O)c1ccnc(C(=O)N(C)c2ccccc2)c1. The molecule has 0 atom stereocenters. The van der Waals surface area contributed by atoms with E-state index in [-0.39, 0.29) is 23.6 Å². The van der Waals surface area contributed by atoms with Crippen molar-refractivity contribution in [1.29, 1.82) is 0 Å². The lowest BCUT2D eigenvalue weighted by Gasteiger charge is -2.27. The average molecular weight is 387 g/mol. The summed E-state index contributed by atoms with van der Waals surface area (Å²) in [5, 5.41) is 0. The molecule has 0 aliphatic heterocycles. The number of anilines is 1. The van der Waals surface area contributed by atoms with Gasteiger partial charge in [-0.25, -0.2) is 0 Å². The van der Waals surface area contributed by atoms with Gasteiger partial charge in [-0.3, -0.25) is 14.6 Å². The Hall–Kier alpha value is -3.47. The second-order valence-corrected chi connectivity index (χ2v) is 7.14. The van der Waals surface area contributed by atoms with Crippen molar-refractivity contribution in [1.82, 2.24) is 9.88 Å². The first-order chi connectivity index (χ1) is 14.0. The molecule has 0 saturated carbocycles. The number of hydrogen-bond donors (Lipinski definition) is 0. The number of benzene rings is 2. The van der Waals surface area contributed by atoms with Gasteiger partial charge < -0.3 is 9.80 Å². The van der Waals surface area contributed by atoms with E-state index in [1.54, 1.807) is 24.1 Å². The average Bonchev–Trinajstić information content (AvgIpc) is 2.77. The standard InChI is InChI=1S/C24H25N3O2/c1-18(2)27(17-19-10-6-4-7-11-19)23(28)20-14-15-25-22(16-20)24(29)26(3)21-12-8-5-9-13-21/h4-16,18H,17H2,1-3H3. The number of nitrogens with zero attached hydrogens (tertiary/aromatic N) is 3. The highest BCUT2D eigenvalue weighted by atomic mass is 16.2. The van der Waals surface area contributed by atoms with Crippen molar-refractivity contribution in [2.45, 2.75) is 26.4 Å². The van der Waals surface area contributed by atoms with E-state index < -0.39 is 0 Å². The van der Waals surface area contributed by atoms with Crippen LogP contribution in [0.5, 0.6) is 0 Å². The van der Waals surface area contributed by atoms with Crippen molar-refractivity contribution in [2.75, 3.05) is 11.9 Å². The number of pyridine rings is 1. The van der Waals surface area contributed by atoms with E-state index in [1.165, 1.54) is 11.1 Å². The van der Waals surface area contributed by atoms with Crippen molar-refractivity contribution >= 4 is 17.5 Å². The van der Waals surface area contributed by atoms with Crippen molar-refractivity contribution in [3.63, 3.8) is 0 Å². The van der Waals surface area contributed by atoms with E-state index in [4.69, 9.17) is 0 Å². The molecule has 0 unspecified atom stereocenters. The van der Waals surface area contributed by atoms with Gasteiger partial charge in [-0.05, 0) is 43.7 Å². The molecule has 148 valence electrons. The molecule has 0 fully saturated rings. The molecule has 0 N–H and O–H groups in total. The lowest BCUT2D eigenvalue weighted by atomic mass is 10.1. The zero-order valence-electron chi connectivity index (χ0n) is 16.9. The molecule has 2 aromatic carbocycles. The molecular formula is C24H25N3O2. The minimum atomic E-state index is -0.259. The Kier molecular flexibility index (Phi) is 6.39. The largest absolute Gasteiger partial charge is 0.332 e. The third-order valence-corrected chi connectivity index (χ3v) is 4.75. The molecule has 0 radical (unpaired) electrons. The minimum absolute atomic E-state index is 0.0158. The van der Waals surface area contributed by atoms with Crippen LogP contribution in [-0.2, 0) is 6.54 Å². The fourth-order valence-corrected chi connectivity index (χ4v) is 3.06. The molecule has 1 aromatic heterocycles. The lowest BCUT2D eigenvalue weighted by molar-refractivity contribution is 0.0690. The van der Waals surface area contributed by atoms with Crippen molar-refractivity contribution in [3.8, 4) is 0 Å². The number of aromatic nitrogens is 1. The third-order valence-electron chi connectivity index (χ3n) is 4.75. The van der Waals surface area contributed by atoms with Gasteiger partial charge in [0.15, 0.2) is 0 Å². The summed E-state index contributed by atoms with van der Waals surface area (Å²) in [6.45, 7) is 4.47. The predicted octanol–water partition coefficient (Wildman–Crippen LogP) is 4.41. The van der Waals surface area contributed by atoms with Crippen LogP contribution < -0.4 is 4.90 Å². The van der Waals surface area contributed by atoms with Crippen LogP contribution in [0, 0.1) is 0 Å². The smallest absolute Gasteiger partial charge is 0.276 e. The Balaban J connectivity index is 1.83. The Morgan fingerprint density at radius 2 is 1.52 bits per heavy atom. The molecule has 0 aliphatic rings. The van der Waals surface area contributed by atoms with Gasteiger partial charge >= 0.3 is 0 Å².